The maximum Gasteiger partial charge on any atom is 0.318 e. The van der Waals surface area contributed by atoms with Crippen LogP contribution in [0.1, 0.15) is 12.8 Å². The van der Waals surface area contributed by atoms with Crippen molar-refractivity contribution < 1.29 is 18.3 Å². The Morgan fingerprint density at radius 3 is 2.38 bits per heavy atom. The van der Waals surface area contributed by atoms with Crippen LogP contribution in [0.2, 0.25) is 0 Å². The number of esters is 1. The van der Waals surface area contributed by atoms with Crippen molar-refractivity contribution in [2.45, 2.75) is 18.8 Å². The fourth-order valence-electron chi connectivity index (χ4n) is 2.47. The Hall–Kier alpha value is -0.930. The van der Waals surface area contributed by atoms with E-state index in [1.165, 1.54) is 6.08 Å². The lowest BCUT2D eigenvalue weighted by molar-refractivity contribution is -0.377. The number of carbonyl (C=O) groups is 1. The molecule has 3 rings (SSSR count). The second-order valence-corrected chi connectivity index (χ2v) is 3.86. The van der Waals surface area contributed by atoms with E-state index in [1.807, 2.05) is 0 Å². The van der Waals surface area contributed by atoms with Crippen LogP contribution in [0, 0.1) is 10.8 Å². The molecule has 0 aromatic rings. The van der Waals surface area contributed by atoms with Crippen molar-refractivity contribution in [2.75, 3.05) is 7.11 Å². The van der Waals surface area contributed by atoms with Gasteiger partial charge >= 0.3 is 5.97 Å². The van der Waals surface area contributed by atoms with Crippen LogP contribution < -0.4 is 0 Å². The van der Waals surface area contributed by atoms with Gasteiger partial charge in [0.25, 0.3) is 5.92 Å². The Labute approximate surface area is 74.6 Å². The number of rotatable bonds is 2. The Kier molecular flexibility index (Phi) is 1.29. The van der Waals surface area contributed by atoms with Gasteiger partial charge in [-0.15, -0.1) is 6.58 Å². The van der Waals surface area contributed by atoms with Crippen molar-refractivity contribution in [3.63, 3.8) is 0 Å². The topological polar surface area (TPSA) is 26.3 Å². The average molecular weight is 188 g/mol. The number of carbonyl (C=O) groups excluding carboxylic acids is 1. The SMILES string of the molecule is C=CC12CC(C(=O)OC)(C1)C2(F)F. The van der Waals surface area contributed by atoms with Gasteiger partial charge in [0, 0.05) is 0 Å². The number of hydrogen-bond donors (Lipinski definition) is 0. The maximum atomic E-state index is 13.4. The molecule has 3 aliphatic rings. The molecule has 0 radical (unpaired) electrons. The molecule has 0 unspecified atom stereocenters. The lowest BCUT2D eigenvalue weighted by Crippen LogP contribution is -2.81. The van der Waals surface area contributed by atoms with Gasteiger partial charge in [-0.3, -0.25) is 4.79 Å². The minimum absolute atomic E-state index is 0.184. The highest BCUT2D eigenvalue weighted by atomic mass is 19.3. The maximum absolute atomic E-state index is 13.4. The molecule has 3 aliphatic carbocycles. The zero-order valence-corrected chi connectivity index (χ0v) is 7.27. The van der Waals surface area contributed by atoms with Gasteiger partial charge in [-0.25, -0.2) is 8.78 Å². The van der Waals surface area contributed by atoms with Crippen molar-refractivity contribution in [1.82, 2.24) is 0 Å². The van der Waals surface area contributed by atoms with E-state index in [1.54, 1.807) is 0 Å². The number of hydrogen-bond acceptors (Lipinski definition) is 2. The smallest absolute Gasteiger partial charge is 0.318 e. The van der Waals surface area contributed by atoms with Crippen molar-refractivity contribution in [3.8, 4) is 0 Å². The molecule has 4 heteroatoms. The number of allylic oxidation sites excluding steroid dienone is 1. The zero-order chi connectivity index (χ0) is 9.91. The Morgan fingerprint density at radius 2 is 2.08 bits per heavy atom. The van der Waals surface area contributed by atoms with Gasteiger partial charge < -0.3 is 4.74 Å². The molecule has 0 N–H and O–H groups in total. The second kappa shape index (κ2) is 1.94. The van der Waals surface area contributed by atoms with E-state index in [2.05, 4.69) is 11.3 Å². The molecule has 0 heterocycles. The summed E-state index contributed by atoms with van der Waals surface area (Å²) in [5, 5.41) is 0. The van der Waals surface area contributed by atoms with Gasteiger partial charge in [-0.05, 0) is 12.8 Å². The molecule has 0 aromatic carbocycles. The highest BCUT2D eigenvalue weighted by molar-refractivity contribution is 5.84. The lowest BCUT2D eigenvalue weighted by Gasteiger charge is -2.72. The summed E-state index contributed by atoms with van der Waals surface area (Å²) in [6.45, 7) is 3.37. The minimum Gasteiger partial charge on any atom is -0.468 e. The minimum atomic E-state index is -2.95. The van der Waals surface area contributed by atoms with Crippen molar-refractivity contribution in [3.05, 3.63) is 12.7 Å². The predicted molar refractivity (Wildman–Crippen MR) is 41.3 cm³/mol. The predicted octanol–water partition coefficient (Wildman–Crippen LogP) is 1.76. The Bertz CT molecular complexity index is 290. The van der Waals surface area contributed by atoms with Crippen LogP contribution in [0.3, 0.4) is 0 Å². The third-order valence-electron chi connectivity index (χ3n) is 3.43. The fourth-order valence-corrected chi connectivity index (χ4v) is 2.47. The van der Waals surface area contributed by atoms with E-state index in [-0.39, 0.29) is 12.8 Å². The first kappa shape index (κ1) is 8.66. The first-order valence-corrected chi connectivity index (χ1v) is 4.06. The third kappa shape index (κ3) is 0.567. The molecule has 0 spiro atoms. The summed E-state index contributed by atoms with van der Waals surface area (Å²) in [5.41, 5.74) is -2.66. The largest absolute Gasteiger partial charge is 0.468 e. The second-order valence-electron chi connectivity index (χ2n) is 3.86. The first-order chi connectivity index (χ1) is 5.96. The quantitative estimate of drug-likeness (QED) is 0.487. The number of ether oxygens (including phenoxy) is 1. The molecule has 0 amide bonds. The number of alkyl halides is 2. The van der Waals surface area contributed by atoms with Crippen LogP contribution in [0.4, 0.5) is 8.78 Å². The van der Waals surface area contributed by atoms with Crippen molar-refractivity contribution in [1.29, 1.82) is 0 Å². The molecule has 0 aromatic heterocycles. The molecule has 0 saturated heterocycles. The normalized spacial score (nSPS) is 44.2. The van der Waals surface area contributed by atoms with Crippen LogP contribution in [-0.4, -0.2) is 19.0 Å². The van der Waals surface area contributed by atoms with Crippen LogP contribution in [0.15, 0.2) is 12.7 Å². The summed E-state index contributed by atoms with van der Waals surface area (Å²) in [7, 11) is 1.14. The molecular formula is C9H10F2O2. The van der Waals surface area contributed by atoms with Gasteiger partial charge in [0.15, 0.2) is 0 Å². The molecule has 0 atom stereocenters. The fraction of sp³-hybridized carbons (Fsp3) is 0.667. The molecule has 3 saturated carbocycles. The summed E-state index contributed by atoms with van der Waals surface area (Å²) in [6.07, 6.45) is 1.63. The Morgan fingerprint density at radius 1 is 1.54 bits per heavy atom. The molecule has 2 bridgehead atoms. The van der Waals surface area contributed by atoms with Crippen LogP contribution in [0.5, 0.6) is 0 Å². The standard InChI is InChI=1S/C9H10F2O2/c1-3-7-4-8(5-7,6(12)13-2)9(7,10)11/h3H,1,4-5H2,2H3. The van der Waals surface area contributed by atoms with E-state index in [4.69, 9.17) is 0 Å². The van der Waals surface area contributed by atoms with Crippen LogP contribution in [0.25, 0.3) is 0 Å². The third-order valence-corrected chi connectivity index (χ3v) is 3.43. The first-order valence-electron chi connectivity index (χ1n) is 4.06. The Balaban J connectivity index is 2.27. The van der Waals surface area contributed by atoms with E-state index in [0.717, 1.165) is 7.11 Å². The molecule has 72 valence electrons. The summed E-state index contributed by atoms with van der Waals surface area (Å²) >= 11 is 0. The molecular weight excluding hydrogens is 178 g/mol. The highest BCUT2D eigenvalue weighted by Crippen LogP contribution is 2.82. The van der Waals surface area contributed by atoms with Crippen molar-refractivity contribution in [2.24, 2.45) is 10.8 Å². The van der Waals surface area contributed by atoms with Gasteiger partial charge in [-0.1, -0.05) is 6.08 Å². The highest BCUT2D eigenvalue weighted by Gasteiger charge is 2.90. The van der Waals surface area contributed by atoms with E-state index < -0.39 is 22.7 Å². The van der Waals surface area contributed by atoms with Crippen LogP contribution >= 0.6 is 0 Å². The van der Waals surface area contributed by atoms with Gasteiger partial charge in [0.05, 0.1) is 12.5 Å². The summed E-state index contributed by atoms with van der Waals surface area (Å²) < 4.78 is 31.1. The van der Waals surface area contributed by atoms with E-state index in [0.29, 0.717) is 0 Å². The monoisotopic (exact) mass is 188 g/mol. The number of halogens is 2. The molecule has 0 aliphatic heterocycles. The van der Waals surface area contributed by atoms with Gasteiger partial charge in [0.2, 0.25) is 0 Å². The summed E-state index contributed by atoms with van der Waals surface area (Å²) in [5.74, 6) is -3.74. The van der Waals surface area contributed by atoms with E-state index >= 15 is 0 Å². The van der Waals surface area contributed by atoms with Gasteiger partial charge in [-0.2, -0.15) is 0 Å². The van der Waals surface area contributed by atoms with Crippen LogP contribution in [-0.2, 0) is 9.53 Å². The van der Waals surface area contributed by atoms with Gasteiger partial charge in [0.1, 0.15) is 5.41 Å². The number of methoxy groups -OCH3 is 1. The zero-order valence-electron chi connectivity index (χ0n) is 7.27. The molecule has 3 fully saturated rings. The lowest BCUT2D eigenvalue weighted by atomic mass is 9.32. The summed E-state index contributed by atoms with van der Waals surface area (Å²) in [6, 6.07) is 0. The van der Waals surface area contributed by atoms with Crippen molar-refractivity contribution >= 4 is 5.97 Å². The van der Waals surface area contributed by atoms with E-state index in [9.17, 15) is 13.6 Å². The summed E-state index contributed by atoms with van der Waals surface area (Å²) in [4.78, 5) is 11.1. The molecule has 2 nitrogen and oxygen atoms in total. The average Bonchev–Trinajstić information content (AvgIpc) is 2.02. The molecule has 13 heavy (non-hydrogen) atoms.